The maximum absolute atomic E-state index is 12.3. The summed E-state index contributed by atoms with van der Waals surface area (Å²) >= 11 is -0.140. The van der Waals surface area contributed by atoms with Crippen molar-refractivity contribution in [3.8, 4) is 0 Å². The smallest absolute Gasteiger partial charge is 0.300 e. The molecule has 0 saturated carbocycles. The van der Waals surface area contributed by atoms with Crippen molar-refractivity contribution in [1.82, 2.24) is 0 Å². The second-order valence-corrected chi connectivity index (χ2v) is 4.90. The number of alkyl halides is 3. The number of halogens is 3. The van der Waals surface area contributed by atoms with Gasteiger partial charge in [0.25, 0.3) is 0 Å². The molecule has 1 nitrogen and oxygen atoms in total. The fourth-order valence-electron chi connectivity index (χ4n) is 1.51. The van der Waals surface area contributed by atoms with E-state index in [4.69, 9.17) is 0 Å². The van der Waals surface area contributed by atoms with E-state index < -0.39 is 5.51 Å². The van der Waals surface area contributed by atoms with Gasteiger partial charge in [-0.05, 0) is 48.4 Å². The number of aryl methyl sites for hydroxylation is 1. The average Bonchev–Trinajstić information content (AvgIpc) is 2.13. The van der Waals surface area contributed by atoms with Crippen LogP contribution in [0, 0.1) is 0 Å². The summed E-state index contributed by atoms with van der Waals surface area (Å²) in [6.45, 7) is 3.30. The molecule has 0 radical (unpaired) electrons. The minimum absolute atomic E-state index is 0.0544. The molecule has 0 N–H and O–H groups in total. The summed E-state index contributed by atoms with van der Waals surface area (Å²) in [5.74, 6) is -0.0544. The van der Waals surface area contributed by atoms with Gasteiger partial charge < -0.3 is 0 Å². The summed E-state index contributed by atoms with van der Waals surface area (Å²) in [6.07, 6.45) is 0.830. The van der Waals surface area contributed by atoms with Crippen molar-refractivity contribution < 1.29 is 18.0 Å². The van der Waals surface area contributed by atoms with Gasteiger partial charge in [-0.25, -0.2) is 0 Å². The van der Waals surface area contributed by atoms with Crippen molar-refractivity contribution >= 4 is 17.5 Å². The van der Waals surface area contributed by atoms with Gasteiger partial charge in [0.2, 0.25) is 0 Å². The lowest BCUT2D eigenvalue weighted by atomic mass is 10.1. The summed E-state index contributed by atoms with van der Waals surface area (Å²) in [5.41, 5.74) is -2.83. The van der Waals surface area contributed by atoms with Crippen LogP contribution in [-0.2, 0) is 17.6 Å². The Balaban J connectivity index is 3.00. The molecule has 1 aromatic rings. The molecule has 0 fully saturated rings. The molecule has 0 saturated heterocycles. The number of hydrogen-bond acceptors (Lipinski definition) is 2. The summed E-state index contributed by atoms with van der Waals surface area (Å²) in [4.78, 5) is 11.1. The van der Waals surface area contributed by atoms with E-state index in [0.29, 0.717) is 12.0 Å². The third-order valence-corrected chi connectivity index (χ3v) is 2.82. The highest BCUT2D eigenvalue weighted by Gasteiger charge is 2.29. The first-order chi connectivity index (χ1) is 7.80. The molecule has 1 aromatic carbocycles. The van der Waals surface area contributed by atoms with E-state index in [-0.39, 0.29) is 28.9 Å². The predicted octanol–water partition coefficient (Wildman–Crippen LogP) is 3.99. The highest BCUT2D eigenvalue weighted by atomic mass is 32.2. The second-order valence-electron chi connectivity index (χ2n) is 3.77. The Morgan fingerprint density at radius 3 is 2.29 bits per heavy atom. The fraction of sp³-hybridized carbons (Fsp3) is 0.417. The number of ketones is 1. The third kappa shape index (κ3) is 5.26. The molecule has 1 rings (SSSR count). The van der Waals surface area contributed by atoms with Gasteiger partial charge >= 0.3 is 5.51 Å². The van der Waals surface area contributed by atoms with Crippen LogP contribution in [0.25, 0.3) is 0 Å². The zero-order chi connectivity index (χ0) is 13.1. The van der Waals surface area contributed by atoms with Crippen molar-refractivity contribution in [2.45, 2.75) is 37.1 Å². The van der Waals surface area contributed by atoms with Crippen molar-refractivity contribution in [1.29, 1.82) is 0 Å². The maximum Gasteiger partial charge on any atom is 0.446 e. The summed E-state index contributed by atoms with van der Waals surface area (Å²) in [5, 5.41) is 0. The first-order valence-electron chi connectivity index (χ1n) is 5.18. The van der Waals surface area contributed by atoms with Crippen LogP contribution in [0.15, 0.2) is 23.1 Å². The molecule has 17 heavy (non-hydrogen) atoms. The molecule has 0 spiro atoms. The van der Waals surface area contributed by atoms with E-state index in [1.54, 1.807) is 6.07 Å². The molecule has 0 bridgehead atoms. The van der Waals surface area contributed by atoms with Crippen molar-refractivity contribution in [2.24, 2.45) is 0 Å². The zero-order valence-corrected chi connectivity index (χ0v) is 10.4. The van der Waals surface area contributed by atoms with Crippen molar-refractivity contribution in [2.75, 3.05) is 0 Å². The summed E-state index contributed by atoms with van der Waals surface area (Å²) in [6, 6.07) is 4.72. The second kappa shape index (κ2) is 5.58. The predicted molar refractivity (Wildman–Crippen MR) is 62.1 cm³/mol. The largest absolute Gasteiger partial charge is 0.446 e. The lowest BCUT2D eigenvalue weighted by Gasteiger charge is -2.09. The molecule has 0 unspecified atom stereocenters. The Morgan fingerprint density at radius 2 is 1.82 bits per heavy atom. The number of carbonyl (C=O) groups excluding carboxylic acids is 1. The normalized spacial score (nSPS) is 11.6. The molecular weight excluding hydrogens is 249 g/mol. The summed E-state index contributed by atoms with van der Waals surface area (Å²) < 4.78 is 36.8. The molecule has 0 aliphatic rings. The monoisotopic (exact) mass is 262 g/mol. The van der Waals surface area contributed by atoms with Gasteiger partial charge in [-0.15, -0.1) is 0 Å². The number of hydrogen-bond donors (Lipinski definition) is 0. The van der Waals surface area contributed by atoms with Crippen LogP contribution < -0.4 is 0 Å². The maximum atomic E-state index is 12.3. The van der Waals surface area contributed by atoms with Gasteiger partial charge in [0, 0.05) is 11.3 Å². The molecule has 0 amide bonds. The van der Waals surface area contributed by atoms with Crippen LogP contribution in [0.1, 0.15) is 25.0 Å². The molecule has 0 aliphatic heterocycles. The standard InChI is InChI=1S/C12H13F3OS/c1-3-9-5-10(4-8(2)16)7-11(6-9)17-12(13,14)15/h5-7H,3-4H2,1-2H3. The first-order valence-corrected chi connectivity index (χ1v) is 6.00. The van der Waals surface area contributed by atoms with Gasteiger partial charge in [-0.1, -0.05) is 13.0 Å². The fourth-order valence-corrected chi connectivity index (χ4v) is 2.20. The van der Waals surface area contributed by atoms with Crippen LogP contribution in [0.4, 0.5) is 13.2 Å². The molecular formula is C12H13F3OS. The van der Waals surface area contributed by atoms with Gasteiger partial charge in [0.1, 0.15) is 5.78 Å². The number of rotatable bonds is 4. The van der Waals surface area contributed by atoms with Gasteiger partial charge in [0.05, 0.1) is 0 Å². The van der Waals surface area contributed by atoms with Crippen LogP contribution >= 0.6 is 11.8 Å². The third-order valence-electron chi connectivity index (χ3n) is 2.12. The summed E-state index contributed by atoms with van der Waals surface area (Å²) in [7, 11) is 0. The molecule has 5 heteroatoms. The zero-order valence-electron chi connectivity index (χ0n) is 9.60. The number of benzene rings is 1. The Bertz CT molecular complexity index is 413. The Hall–Kier alpha value is -0.970. The Labute approximate surface area is 102 Å². The SMILES string of the molecule is CCc1cc(CC(C)=O)cc(SC(F)(F)F)c1. The van der Waals surface area contributed by atoms with Crippen LogP contribution in [-0.4, -0.2) is 11.3 Å². The molecule has 0 heterocycles. The highest BCUT2D eigenvalue weighted by molar-refractivity contribution is 8.00. The molecule has 0 atom stereocenters. The lowest BCUT2D eigenvalue weighted by Crippen LogP contribution is -2.02. The van der Waals surface area contributed by atoms with Crippen LogP contribution in [0.3, 0.4) is 0 Å². The van der Waals surface area contributed by atoms with Gasteiger partial charge in [-0.3, -0.25) is 4.79 Å². The number of Topliss-reactive ketones (excluding diaryl/α,β-unsaturated/α-hetero) is 1. The molecule has 0 aromatic heterocycles. The van der Waals surface area contributed by atoms with Crippen LogP contribution in [0.5, 0.6) is 0 Å². The van der Waals surface area contributed by atoms with E-state index in [1.807, 2.05) is 6.92 Å². The lowest BCUT2D eigenvalue weighted by molar-refractivity contribution is -0.116. The van der Waals surface area contributed by atoms with Gasteiger partial charge in [0.15, 0.2) is 0 Å². The number of carbonyl (C=O) groups is 1. The minimum Gasteiger partial charge on any atom is -0.300 e. The highest BCUT2D eigenvalue weighted by Crippen LogP contribution is 2.37. The molecule has 0 aliphatic carbocycles. The average molecular weight is 262 g/mol. The van der Waals surface area contributed by atoms with E-state index in [0.717, 1.165) is 5.56 Å². The Morgan fingerprint density at radius 1 is 1.24 bits per heavy atom. The Kier molecular flexibility index (Phi) is 4.62. The van der Waals surface area contributed by atoms with E-state index >= 15 is 0 Å². The van der Waals surface area contributed by atoms with Gasteiger partial charge in [-0.2, -0.15) is 13.2 Å². The van der Waals surface area contributed by atoms with E-state index in [2.05, 4.69) is 0 Å². The van der Waals surface area contributed by atoms with Crippen molar-refractivity contribution in [3.63, 3.8) is 0 Å². The van der Waals surface area contributed by atoms with Crippen molar-refractivity contribution in [3.05, 3.63) is 29.3 Å². The molecule has 94 valence electrons. The van der Waals surface area contributed by atoms with E-state index in [1.165, 1.54) is 19.1 Å². The number of thioether (sulfide) groups is 1. The van der Waals surface area contributed by atoms with Crippen LogP contribution in [0.2, 0.25) is 0 Å². The minimum atomic E-state index is -4.29. The quantitative estimate of drug-likeness (QED) is 0.763. The topological polar surface area (TPSA) is 17.1 Å². The van der Waals surface area contributed by atoms with E-state index in [9.17, 15) is 18.0 Å². The first kappa shape index (κ1) is 14.1.